The summed E-state index contributed by atoms with van der Waals surface area (Å²) in [7, 11) is 0. The predicted octanol–water partition coefficient (Wildman–Crippen LogP) is 1.70. The van der Waals surface area contributed by atoms with Gasteiger partial charge in [0.15, 0.2) is 0 Å². The van der Waals surface area contributed by atoms with Crippen LogP contribution in [-0.2, 0) is 0 Å². The first kappa shape index (κ1) is 18.0. The van der Waals surface area contributed by atoms with Gasteiger partial charge in [-0.1, -0.05) is 12.8 Å². The first-order valence-corrected chi connectivity index (χ1v) is 9.29. The molecule has 28 heavy (non-hydrogen) atoms. The lowest BCUT2D eigenvalue weighted by molar-refractivity contribution is 0.726. The third kappa shape index (κ3) is 3.54. The Bertz CT molecular complexity index is 1040. The van der Waals surface area contributed by atoms with Gasteiger partial charge in [0.05, 0.1) is 17.6 Å². The number of aromatic amines is 1. The number of fused-ring (bicyclic) bond motifs is 1. The lowest BCUT2D eigenvalue weighted by atomic mass is 10.2. The van der Waals surface area contributed by atoms with Gasteiger partial charge in [0.2, 0.25) is 5.95 Å². The van der Waals surface area contributed by atoms with Gasteiger partial charge in [0.25, 0.3) is 5.56 Å². The lowest BCUT2D eigenvalue weighted by Gasteiger charge is -2.21. The summed E-state index contributed by atoms with van der Waals surface area (Å²) >= 11 is 0. The maximum atomic E-state index is 12.4. The molecule has 3 heterocycles. The number of rotatable bonds is 4. The van der Waals surface area contributed by atoms with Crippen LogP contribution in [0.15, 0.2) is 29.2 Å². The summed E-state index contributed by atoms with van der Waals surface area (Å²) in [5.41, 5.74) is 10.5. The lowest BCUT2D eigenvalue weighted by Crippen LogP contribution is -2.26. The highest BCUT2D eigenvalue weighted by Crippen LogP contribution is 2.28. The molecule has 0 aliphatic carbocycles. The average Bonchev–Trinajstić information content (AvgIpc) is 2.97. The van der Waals surface area contributed by atoms with Gasteiger partial charge in [-0.2, -0.15) is 10.1 Å². The zero-order chi connectivity index (χ0) is 19.5. The van der Waals surface area contributed by atoms with E-state index in [4.69, 9.17) is 11.6 Å². The molecule has 10 heteroatoms. The predicted molar refractivity (Wildman–Crippen MR) is 111 cm³/mol. The van der Waals surface area contributed by atoms with Crippen molar-refractivity contribution in [1.82, 2.24) is 20.2 Å². The van der Waals surface area contributed by atoms with Crippen molar-refractivity contribution in [3.8, 4) is 0 Å². The van der Waals surface area contributed by atoms with Crippen LogP contribution in [0.4, 0.5) is 28.8 Å². The Kier molecular flexibility index (Phi) is 4.94. The molecule has 3 aromatic rings. The van der Waals surface area contributed by atoms with Gasteiger partial charge in [0, 0.05) is 18.8 Å². The Morgan fingerprint density at radius 2 is 1.89 bits per heavy atom. The number of H-pyrrole nitrogens is 1. The quantitative estimate of drug-likeness (QED) is 0.258. The molecule has 0 bridgehead atoms. The second kappa shape index (κ2) is 7.69. The first-order valence-electron chi connectivity index (χ1n) is 9.29. The highest BCUT2D eigenvalue weighted by atomic mass is 16.1. The van der Waals surface area contributed by atoms with E-state index < -0.39 is 0 Å². The highest BCUT2D eigenvalue weighted by molar-refractivity contribution is 5.91. The van der Waals surface area contributed by atoms with Crippen LogP contribution >= 0.6 is 0 Å². The van der Waals surface area contributed by atoms with Crippen molar-refractivity contribution in [2.45, 2.75) is 25.7 Å². The normalized spacial score (nSPS) is 14.7. The summed E-state index contributed by atoms with van der Waals surface area (Å²) in [6, 6.07) is 5.28. The molecule has 1 aliphatic heterocycles. The Morgan fingerprint density at radius 3 is 2.61 bits per heavy atom. The number of nitrogens with one attached hydrogen (secondary N) is 3. The standard InChI is InChI=1S/C18H23N9O/c19-12-9-11(5-6-13(12)25-20)22-16-15-14(10-21-26-17(15)28)23-18(24-16)27-7-3-1-2-4-8-27/h5-6,9-10,25H,1-4,7-8,19-20H2,(H,26,28)(H,22,23,24). The number of nitrogens with two attached hydrogens (primary N) is 2. The third-order valence-corrected chi connectivity index (χ3v) is 4.86. The molecule has 146 valence electrons. The number of hydrogen-bond donors (Lipinski definition) is 5. The smallest absolute Gasteiger partial charge is 0.277 e. The molecule has 10 nitrogen and oxygen atoms in total. The minimum absolute atomic E-state index is 0.351. The van der Waals surface area contributed by atoms with Crippen molar-refractivity contribution >= 4 is 39.7 Å². The summed E-state index contributed by atoms with van der Waals surface area (Å²) in [6.07, 6.45) is 6.15. The summed E-state index contributed by atoms with van der Waals surface area (Å²) in [5, 5.41) is 9.89. The van der Waals surface area contributed by atoms with E-state index in [0.717, 1.165) is 25.9 Å². The van der Waals surface area contributed by atoms with E-state index in [2.05, 4.69) is 35.8 Å². The molecule has 4 rings (SSSR count). The van der Waals surface area contributed by atoms with Crippen LogP contribution in [0, 0.1) is 0 Å². The average molecular weight is 381 g/mol. The Balaban J connectivity index is 1.78. The van der Waals surface area contributed by atoms with Crippen molar-refractivity contribution in [2.24, 2.45) is 5.84 Å². The van der Waals surface area contributed by atoms with Gasteiger partial charge in [-0.15, -0.1) is 0 Å². The molecule has 0 unspecified atom stereocenters. The van der Waals surface area contributed by atoms with Crippen LogP contribution in [0.5, 0.6) is 0 Å². The number of hydrazine groups is 1. The highest BCUT2D eigenvalue weighted by Gasteiger charge is 2.18. The van der Waals surface area contributed by atoms with E-state index in [1.54, 1.807) is 24.4 Å². The summed E-state index contributed by atoms with van der Waals surface area (Å²) in [5.74, 6) is 6.45. The van der Waals surface area contributed by atoms with E-state index in [1.807, 2.05) is 0 Å². The van der Waals surface area contributed by atoms with E-state index >= 15 is 0 Å². The molecule has 1 fully saturated rings. The fourth-order valence-electron chi connectivity index (χ4n) is 3.40. The molecule has 0 radical (unpaired) electrons. The Morgan fingerprint density at radius 1 is 1.11 bits per heavy atom. The largest absolute Gasteiger partial charge is 0.397 e. The summed E-state index contributed by atoms with van der Waals surface area (Å²) in [4.78, 5) is 23.8. The second-order valence-corrected chi connectivity index (χ2v) is 6.80. The Hall–Kier alpha value is -3.40. The second-order valence-electron chi connectivity index (χ2n) is 6.80. The maximum absolute atomic E-state index is 12.4. The molecule has 0 atom stereocenters. The number of hydrogen-bond acceptors (Lipinski definition) is 9. The van der Waals surface area contributed by atoms with Crippen LogP contribution < -0.4 is 32.8 Å². The monoisotopic (exact) mass is 381 g/mol. The zero-order valence-electron chi connectivity index (χ0n) is 15.4. The van der Waals surface area contributed by atoms with Crippen LogP contribution in [-0.4, -0.2) is 33.3 Å². The van der Waals surface area contributed by atoms with E-state index in [9.17, 15) is 4.79 Å². The van der Waals surface area contributed by atoms with Crippen LogP contribution in [0.2, 0.25) is 0 Å². The molecule has 0 saturated carbocycles. The number of nitrogens with zero attached hydrogens (tertiary/aromatic N) is 4. The molecule has 7 N–H and O–H groups in total. The molecule has 1 saturated heterocycles. The van der Waals surface area contributed by atoms with Gasteiger partial charge in [-0.3, -0.25) is 10.6 Å². The summed E-state index contributed by atoms with van der Waals surface area (Å²) in [6.45, 7) is 1.79. The minimum Gasteiger partial charge on any atom is -0.397 e. The van der Waals surface area contributed by atoms with Gasteiger partial charge in [-0.05, 0) is 31.0 Å². The first-order chi connectivity index (χ1) is 13.7. The number of aromatic nitrogens is 4. The van der Waals surface area contributed by atoms with Gasteiger partial charge < -0.3 is 21.4 Å². The van der Waals surface area contributed by atoms with Crippen LogP contribution in [0.25, 0.3) is 10.9 Å². The van der Waals surface area contributed by atoms with Crippen molar-refractivity contribution in [1.29, 1.82) is 0 Å². The molecule has 1 aromatic carbocycles. The molecular weight excluding hydrogens is 358 g/mol. The molecule has 1 aliphatic rings. The van der Waals surface area contributed by atoms with Crippen molar-refractivity contribution < 1.29 is 0 Å². The van der Waals surface area contributed by atoms with Gasteiger partial charge in [0.1, 0.15) is 16.7 Å². The zero-order valence-corrected chi connectivity index (χ0v) is 15.4. The maximum Gasteiger partial charge on any atom is 0.277 e. The van der Waals surface area contributed by atoms with Crippen molar-refractivity contribution in [3.05, 3.63) is 34.7 Å². The topological polar surface area (TPSA) is 151 Å². The fraction of sp³-hybridized carbons (Fsp3) is 0.333. The molecule has 0 amide bonds. The van der Waals surface area contributed by atoms with E-state index in [1.165, 1.54) is 12.8 Å². The molecular formula is C18H23N9O. The molecule has 0 spiro atoms. The minimum atomic E-state index is -0.351. The Labute approximate surface area is 161 Å². The molecule has 2 aromatic heterocycles. The third-order valence-electron chi connectivity index (χ3n) is 4.86. The van der Waals surface area contributed by atoms with Crippen molar-refractivity contribution in [2.75, 3.05) is 34.5 Å². The van der Waals surface area contributed by atoms with Crippen LogP contribution in [0.3, 0.4) is 0 Å². The van der Waals surface area contributed by atoms with E-state index in [0.29, 0.717) is 39.7 Å². The fourth-order valence-corrected chi connectivity index (χ4v) is 3.40. The summed E-state index contributed by atoms with van der Waals surface area (Å²) < 4.78 is 0. The van der Waals surface area contributed by atoms with Crippen LogP contribution in [0.1, 0.15) is 25.7 Å². The number of nitrogen functional groups attached to an aromatic ring is 2. The number of benzene rings is 1. The van der Waals surface area contributed by atoms with Gasteiger partial charge in [-0.25, -0.2) is 10.1 Å². The van der Waals surface area contributed by atoms with Gasteiger partial charge >= 0.3 is 0 Å². The number of anilines is 5. The SMILES string of the molecule is NNc1ccc(Nc2nc(N3CCCCCC3)nc3cn[nH]c(=O)c23)cc1N. The van der Waals surface area contributed by atoms with Crippen molar-refractivity contribution in [3.63, 3.8) is 0 Å². The van der Waals surface area contributed by atoms with E-state index in [-0.39, 0.29) is 5.56 Å².